The Labute approximate surface area is 92.7 Å². The minimum atomic E-state index is 0.370. The number of rotatable bonds is 1. The summed E-state index contributed by atoms with van der Waals surface area (Å²) in [5.74, 6) is 0. The van der Waals surface area contributed by atoms with Gasteiger partial charge in [0.05, 0.1) is 16.4 Å². The fourth-order valence-corrected chi connectivity index (χ4v) is 2.84. The lowest BCUT2D eigenvalue weighted by Gasteiger charge is -2.23. The molecule has 4 heteroatoms. The maximum atomic E-state index is 4.56. The molecule has 0 unspecified atom stereocenters. The summed E-state index contributed by atoms with van der Waals surface area (Å²) in [6, 6.07) is 8.81. The van der Waals surface area contributed by atoms with Crippen molar-refractivity contribution in [3.05, 3.63) is 30.0 Å². The molecule has 3 rings (SSSR count). The average Bonchev–Trinajstić information content (AvgIpc) is 2.74. The van der Waals surface area contributed by atoms with E-state index >= 15 is 0 Å². The third-order valence-electron chi connectivity index (χ3n) is 2.78. The van der Waals surface area contributed by atoms with Crippen LogP contribution in [-0.4, -0.2) is 24.0 Å². The molecule has 1 aromatic heterocycles. The number of hydrogen-bond donors (Lipinski definition) is 2. The van der Waals surface area contributed by atoms with Crippen molar-refractivity contribution in [1.82, 2.24) is 15.0 Å². The molecule has 15 heavy (non-hydrogen) atoms. The molecule has 1 aromatic carbocycles. The van der Waals surface area contributed by atoms with Crippen LogP contribution < -0.4 is 10.6 Å². The predicted octanol–water partition coefficient (Wildman–Crippen LogP) is 1.53. The van der Waals surface area contributed by atoms with Crippen LogP contribution in [0.25, 0.3) is 10.1 Å². The van der Waals surface area contributed by atoms with Crippen molar-refractivity contribution in [2.45, 2.75) is 6.04 Å². The van der Waals surface area contributed by atoms with E-state index in [1.54, 1.807) is 11.5 Å². The first kappa shape index (κ1) is 9.27. The van der Waals surface area contributed by atoms with E-state index in [0.717, 1.165) is 19.6 Å². The molecule has 1 aliphatic rings. The number of aromatic nitrogens is 1. The Morgan fingerprint density at radius 2 is 2.20 bits per heavy atom. The quantitative estimate of drug-likeness (QED) is 0.763. The average molecular weight is 219 g/mol. The first-order valence-corrected chi connectivity index (χ1v) is 6.01. The smallest absolute Gasteiger partial charge is 0.0803 e. The topological polar surface area (TPSA) is 37.0 Å². The minimum absolute atomic E-state index is 0.370. The third kappa shape index (κ3) is 1.65. The number of fused-ring (bicyclic) bond motifs is 1. The van der Waals surface area contributed by atoms with Crippen molar-refractivity contribution in [3.63, 3.8) is 0 Å². The van der Waals surface area contributed by atoms with E-state index in [0.29, 0.717) is 6.04 Å². The molecule has 0 bridgehead atoms. The summed E-state index contributed by atoms with van der Waals surface area (Å²) >= 11 is 1.59. The van der Waals surface area contributed by atoms with Crippen molar-refractivity contribution in [3.8, 4) is 0 Å². The summed E-state index contributed by atoms with van der Waals surface area (Å²) in [6.45, 7) is 3.06. The fraction of sp³-hybridized carbons (Fsp3) is 0.364. The van der Waals surface area contributed by atoms with E-state index < -0.39 is 0 Å². The maximum Gasteiger partial charge on any atom is 0.0803 e. The van der Waals surface area contributed by atoms with Gasteiger partial charge in [-0.05, 0) is 17.6 Å². The Balaban J connectivity index is 2.02. The van der Waals surface area contributed by atoms with Crippen LogP contribution >= 0.6 is 11.5 Å². The third-order valence-corrected chi connectivity index (χ3v) is 3.62. The first-order valence-electron chi connectivity index (χ1n) is 5.23. The largest absolute Gasteiger partial charge is 0.314 e. The van der Waals surface area contributed by atoms with Crippen molar-refractivity contribution < 1.29 is 0 Å². The summed E-state index contributed by atoms with van der Waals surface area (Å²) in [7, 11) is 0. The van der Waals surface area contributed by atoms with Gasteiger partial charge in [0, 0.05) is 25.0 Å². The zero-order valence-corrected chi connectivity index (χ0v) is 9.18. The van der Waals surface area contributed by atoms with Crippen molar-refractivity contribution in [1.29, 1.82) is 0 Å². The zero-order valence-electron chi connectivity index (χ0n) is 8.36. The highest BCUT2D eigenvalue weighted by Gasteiger charge is 2.18. The lowest BCUT2D eigenvalue weighted by Crippen LogP contribution is -2.42. The van der Waals surface area contributed by atoms with Gasteiger partial charge in [-0.1, -0.05) is 18.2 Å². The molecule has 0 spiro atoms. The summed E-state index contributed by atoms with van der Waals surface area (Å²) < 4.78 is 5.84. The zero-order chi connectivity index (χ0) is 10.1. The lowest BCUT2D eigenvalue weighted by molar-refractivity contribution is 0.427. The van der Waals surface area contributed by atoms with Crippen LogP contribution in [0.4, 0.5) is 0 Å². The highest BCUT2D eigenvalue weighted by atomic mass is 32.1. The Kier molecular flexibility index (Phi) is 2.40. The lowest BCUT2D eigenvalue weighted by atomic mass is 10.1. The van der Waals surface area contributed by atoms with Gasteiger partial charge in [-0.2, -0.15) is 4.37 Å². The maximum absolute atomic E-state index is 4.56. The van der Waals surface area contributed by atoms with E-state index in [1.807, 2.05) is 0 Å². The molecule has 78 valence electrons. The molecule has 1 fully saturated rings. The second kappa shape index (κ2) is 3.89. The van der Waals surface area contributed by atoms with Crippen molar-refractivity contribution >= 4 is 21.6 Å². The summed E-state index contributed by atoms with van der Waals surface area (Å²) in [4.78, 5) is 0. The molecule has 1 saturated heterocycles. The Morgan fingerprint density at radius 1 is 1.27 bits per heavy atom. The summed E-state index contributed by atoms with van der Waals surface area (Å²) in [5.41, 5.74) is 1.20. The molecule has 3 nitrogen and oxygen atoms in total. The van der Waals surface area contributed by atoms with Crippen molar-refractivity contribution in [2.24, 2.45) is 0 Å². The van der Waals surface area contributed by atoms with E-state index in [4.69, 9.17) is 0 Å². The van der Waals surface area contributed by atoms with E-state index in [9.17, 15) is 0 Å². The Morgan fingerprint density at radius 3 is 3.07 bits per heavy atom. The number of nitrogens with one attached hydrogen (secondary N) is 2. The van der Waals surface area contributed by atoms with Gasteiger partial charge < -0.3 is 10.6 Å². The van der Waals surface area contributed by atoms with Crippen LogP contribution in [0.1, 0.15) is 11.7 Å². The molecule has 1 atom stereocenters. The molecule has 0 amide bonds. The van der Waals surface area contributed by atoms with Crippen LogP contribution in [0.15, 0.2) is 24.3 Å². The second-order valence-corrected chi connectivity index (χ2v) is 4.58. The fourth-order valence-electron chi connectivity index (χ4n) is 2.00. The minimum Gasteiger partial charge on any atom is -0.314 e. The predicted molar refractivity (Wildman–Crippen MR) is 63.2 cm³/mol. The molecule has 0 aliphatic carbocycles. The van der Waals surface area contributed by atoms with Gasteiger partial charge in [-0.15, -0.1) is 0 Å². The molecule has 0 saturated carbocycles. The number of piperazine rings is 1. The van der Waals surface area contributed by atoms with Crippen LogP contribution in [0.3, 0.4) is 0 Å². The van der Waals surface area contributed by atoms with Gasteiger partial charge >= 0.3 is 0 Å². The number of hydrogen-bond acceptors (Lipinski definition) is 4. The standard InChI is InChI=1S/C11H13N3S/c1-2-4-10-8(3-1)11(14-15-10)9-7-12-5-6-13-9/h1-4,9,12-13H,5-7H2/t9-/m0/s1. The van der Waals surface area contributed by atoms with Gasteiger partial charge in [0.1, 0.15) is 0 Å². The molecule has 1 aliphatic heterocycles. The molecule has 2 aromatic rings. The monoisotopic (exact) mass is 219 g/mol. The van der Waals surface area contributed by atoms with Crippen LogP contribution in [0.5, 0.6) is 0 Å². The van der Waals surface area contributed by atoms with Gasteiger partial charge in [0.25, 0.3) is 0 Å². The second-order valence-electron chi connectivity index (χ2n) is 3.77. The number of benzene rings is 1. The van der Waals surface area contributed by atoms with Crippen LogP contribution in [-0.2, 0) is 0 Å². The highest BCUT2D eigenvalue weighted by molar-refractivity contribution is 7.13. The molecular formula is C11H13N3S. The molecule has 2 heterocycles. The van der Waals surface area contributed by atoms with E-state index in [1.165, 1.54) is 15.8 Å². The van der Waals surface area contributed by atoms with Crippen LogP contribution in [0, 0.1) is 0 Å². The van der Waals surface area contributed by atoms with Crippen LogP contribution in [0.2, 0.25) is 0 Å². The summed E-state index contributed by atoms with van der Waals surface area (Å²) in [5, 5.41) is 8.18. The van der Waals surface area contributed by atoms with Crippen molar-refractivity contribution in [2.75, 3.05) is 19.6 Å². The normalized spacial score (nSPS) is 22.0. The molecule has 2 N–H and O–H groups in total. The van der Waals surface area contributed by atoms with E-state index in [-0.39, 0.29) is 0 Å². The van der Waals surface area contributed by atoms with Gasteiger partial charge in [0.15, 0.2) is 0 Å². The summed E-state index contributed by atoms with van der Waals surface area (Å²) in [6.07, 6.45) is 0. The molecular weight excluding hydrogens is 206 g/mol. The first-order chi connectivity index (χ1) is 7.45. The SMILES string of the molecule is c1ccc2c([C@@H]3CNCCN3)nsc2c1. The number of nitrogens with zero attached hydrogens (tertiary/aromatic N) is 1. The van der Waals surface area contributed by atoms with E-state index in [2.05, 4.69) is 39.3 Å². The van der Waals surface area contributed by atoms with Gasteiger partial charge in [-0.25, -0.2) is 0 Å². The Hall–Kier alpha value is -0.970. The Bertz CT molecular complexity index is 460. The highest BCUT2D eigenvalue weighted by Crippen LogP contribution is 2.26. The van der Waals surface area contributed by atoms with Gasteiger partial charge in [-0.3, -0.25) is 0 Å². The van der Waals surface area contributed by atoms with Gasteiger partial charge in [0.2, 0.25) is 0 Å². The molecule has 0 radical (unpaired) electrons.